The second-order valence-electron chi connectivity index (χ2n) is 4.30. The number of rotatable bonds is 5. The van der Waals surface area contributed by atoms with E-state index >= 15 is 0 Å². The van der Waals surface area contributed by atoms with Crippen molar-refractivity contribution in [3.05, 3.63) is 0 Å². The molecule has 0 aromatic heterocycles. The lowest BCUT2D eigenvalue weighted by molar-refractivity contribution is -0.142. The van der Waals surface area contributed by atoms with Gasteiger partial charge in [0.15, 0.2) is 0 Å². The number of methoxy groups -OCH3 is 1. The molecule has 1 heterocycles. The Bertz CT molecular complexity index is 283. The van der Waals surface area contributed by atoms with Crippen LogP contribution in [0.4, 0.5) is 0 Å². The van der Waals surface area contributed by atoms with Crippen LogP contribution in [0.15, 0.2) is 0 Å². The fourth-order valence-corrected chi connectivity index (χ4v) is 1.87. The van der Waals surface area contributed by atoms with Crippen molar-refractivity contribution in [2.45, 2.75) is 19.4 Å². The second kappa shape index (κ2) is 6.56. The predicted octanol–water partition coefficient (Wildman–Crippen LogP) is -0.456. The smallest absolute Gasteiger partial charge is 0.309 e. The Labute approximate surface area is 101 Å². The molecule has 0 aromatic carbocycles. The lowest BCUT2D eigenvalue weighted by Crippen LogP contribution is -2.42. The fraction of sp³-hybridized carbons (Fsp3) is 0.818. The predicted molar refractivity (Wildman–Crippen MR) is 61.7 cm³/mol. The third kappa shape index (κ3) is 3.98. The maximum absolute atomic E-state index is 11.9. The molecule has 1 fully saturated rings. The highest BCUT2D eigenvalue weighted by molar-refractivity contribution is 5.83. The number of ether oxygens (including phenoxy) is 1. The molecule has 1 aliphatic heterocycles. The molecule has 0 aliphatic carbocycles. The maximum atomic E-state index is 11.9. The highest BCUT2D eigenvalue weighted by atomic mass is 16.5. The first kappa shape index (κ1) is 13.9. The van der Waals surface area contributed by atoms with E-state index in [1.807, 2.05) is 0 Å². The first-order chi connectivity index (χ1) is 8.06. The van der Waals surface area contributed by atoms with E-state index in [1.165, 1.54) is 0 Å². The topological polar surface area (TPSA) is 78.9 Å². The molecule has 1 aliphatic rings. The van der Waals surface area contributed by atoms with Gasteiger partial charge in [0.1, 0.15) is 0 Å². The molecular formula is C11H20N2O4. The standard InChI is InChI=1S/C11H20N2O4/c1-8-10(14)13(4-3-5-17-2)7-9(6-12-8)11(15)16/h8-9,12H,3-7H2,1-2H3,(H,15,16). The van der Waals surface area contributed by atoms with Crippen LogP contribution in [0.2, 0.25) is 0 Å². The molecule has 2 N–H and O–H groups in total. The summed E-state index contributed by atoms with van der Waals surface area (Å²) in [4.78, 5) is 24.5. The molecule has 0 aromatic rings. The van der Waals surface area contributed by atoms with E-state index in [9.17, 15) is 9.59 Å². The first-order valence-corrected chi connectivity index (χ1v) is 5.80. The van der Waals surface area contributed by atoms with Gasteiger partial charge in [0.2, 0.25) is 5.91 Å². The summed E-state index contributed by atoms with van der Waals surface area (Å²) in [5, 5.41) is 12.0. The molecule has 1 rings (SSSR count). The molecule has 0 saturated carbocycles. The number of nitrogens with one attached hydrogen (secondary N) is 1. The van der Waals surface area contributed by atoms with Crippen molar-refractivity contribution in [3.63, 3.8) is 0 Å². The summed E-state index contributed by atoms with van der Waals surface area (Å²) in [5.41, 5.74) is 0. The SMILES string of the molecule is COCCCN1CC(C(=O)O)CNC(C)C1=O. The number of carbonyl (C=O) groups excluding carboxylic acids is 1. The van der Waals surface area contributed by atoms with Gasteiger partial charge in [-0.25, -0.2) is 0 Å². The van der Waals surface area contributed by atoms with Gasteiger partial charge in [0, 0.05) is 33.4 Å². The van der Waals surface area contributed by atoms with Crippen molar-refractivity contribution in [1.82, 2.24) is 10.2 Å². The van der Waals surface area contributed by atoms with Crippen LogP contribution in [0.1, 0.15) is 13.3 Å². The van der Waals surface area contributed by atoms with Crippen LogP contribution in [-0.2, 0) is 14.3 Å². The average molecular weight is 244 g/mol. The van der Waals surface area contributed by atoms with Gasteiger partial charge in [-0.2, -0.15) is 0 Å². The van der Waals surface area contributed by atoms with Gasteiger partial charge in [-0.3, -0.25) is 9.59 Å². The van der Waals surface area contributed by atoms with E-state index in [-0.39, 0.29) is 18.5 Å². The second-order valence-corrected chi connectivity index (χ2v) is 4.30. The van der Waals surface area contributed by atoms with Gasteiger partial charge >= 0.3 is 5.97 Å². The van der Waals surface area contributed by atoms with E-state index in [1.54, 1.807) is 18.9 Å². The number of carbonyl (C=O) groups is 2. The number of nitrogens with zero attached hydrogens (tertiary/aromatic N) is 1. The van der Waals surface area contributed by atoms with E-state index < -0.39 is 11.9 Å². The van der Waals surface area contributed by atoms with E-state index in [0.717, 1.165) is 6.42 Å². The Morgan fingerprint density at radius 2 is 2.35 bits per heavy atom. The van der Waals surface area contributed by atoms with Gasteiger partial charge in [0.25, 0.3) is 0 Å². The zero-order valence-corrected chi connectivity index (χ0v) is 10.3. The fourth-order valence-electron chi connectivity index (χ4n) is 1.87. The molecule has 2 unspecified atom stereocenters. The Morgan fingerprint density at radius 3 is 2.94 bits per heavy atom. The Balaban J connectivity index is 2.61. The van der Waals surface area contributed by atoms with Crippen LogP contribution in [-0.4, -0.2) is 61.3 Å². The molecule has 0 spiro atoms. The summed E-state index contributed by atoms with van der Waals surface area (Å²) in [7, 11) is 1.61. The van der Waals surface area contributed by atoms with Crippen molar-refractivity contribution >= 4 is 11.9 Å². The summed E-state index contributed by atoms with van der Waals surface area (Å²) in [6, 6.07) is -0.318. The molecule has 6 heteroatoms. The molecule has 6 nitrogen and oxygen atoms in total. The lowest BCUT2D eigenvalue weighted by Gasteiger charge is -2.23. The Hall–Kier alpha value is -1.14. The Kier molecular flexibility index (Phi) is 5.37. The Morgan fingerprint density at radius 1 is 1.65 bits per heavy atom. The monoisotopic (exact) mass is 244 g/mol. The first-order valence-electron chi connectivity index (χ1n) is 5.80. The lowest BCUT2D eigenvalue weighted by atomic mass is 10.1. The van der Waals surface area contributed by atoms with Crippen LogP contribution in [0, 0.1) is 5.92 Å². The summed E-state index contributed by atoms with van der Waals surface area (Å²) in [5.74, 6) is -1.44. The van der Waals surface area contributed by atoms with E-state index in [2.05, 4.69) is 5.32 Å². The maximum Gasteiger partial charge on any atom is 0.309 e. The van der Waals surface area contributed by atoms with E-state index in [4.69, 9.17) is 9.84 Å². The van der Waals surface area contributed by atoms with Crippen molar-refractivity contribution in [3.8, 4) is 0 Å². The number of aliphatic carboxylic acids is 1. The highest BCUT2D eigenvalue weighted by Crippen LogP contribution is 2.09. The molecule has 0 radical (unpaired) electrons. The van der Waals surface area contributed by atoms with Crippen LogP contribution in [0.5, 0.6) is 0 Å². The number of amides is 1. The van der Waals surface area contributed by atoms with Crippen LogP contribution in [0.3, 0.4) is 0 Å². The number of hydrogen-bond donors (Lipinski definition) is 2. The number of hydrogen-bond acceptors (Lipinski definition) is 4. The summed E-state index contributed by atoms with van der Waals surface area (Å²) < 4.78 is 4.93. The van der Waals surface area contributed by atoms with Gasteiger partial charge in [-0.05, 0) is 13.3 Å². The summed E-state index contributed by atoms with van der Waals surface area (Å²) in [6.07, 6.45) is 0.724. The molecule has 17 heavy (non-hydrogen) atoms. The summed E-state index contributed by atoms with van der Waals surface area (Å²) in [6.45, 7) is 3.49. The molecule has 0 bridgehead atoms. The van der Waals surface area contributed by atoms with Crippen molar-refractivity contribution in [1.29, 1.82) is 0 Å². The molecule has 2 atom stereocenters. The van der Waals surface area contributed by atoms with Crippen LogP contribution >= 0.6 is 0 Å². The van der Waals surface area contributed by atoms with Gasteiger partial charge in [0.05, 0.1) is 12.0 Å². The minimum absolute atomic E-state index is 0.0372. The quantitative estimate of drug-likeness (QED) is 0.640. The van der Waals surface area contributed by atoms with Gasteiger partial charge in [-0.15, -0.1) is 0 Å². The van der Waals surface area contributed by atoms with Crippen molar-refractivity contribution in [2.24, 2.45) is 5.92 Å². The highest BCUT2D eigenvalue weighted by Gasteiger charge is 2.30. The number of carboxylic acid groups (broad SMARTS) is 1. The molecular weight excluding hydrogens is 224 g/mol. The van der Waals surface area contributed by atoms with Gasteiger partial charge < -0.3 is 20.1 Å². The molecule has 98 valence electrons. The average Bonchev–Trinajstić information content (AvgIpc) is 2.42. The third-order valence-corrected chi connectivity index (χ3v) is 2.92. The van der Waals surface area contributed by atoms with E-state index in [0.29, 0.717) is 19.7 Å². The van der Waals surface area contributed by atoms with Crippen molar-refractivity contribution in [2.75, 3.05) is 33.4 Å². The normalized spacial score (nSPS) is 25.8. The summed E-state index contributed by atoms with van der Waals surface area (Å²) >= 11 is 0. The van der Waals surface area contributed by atoms with Crippen molar-refractivity contribution < 1.29 is 19.4 Å². The minimum atomic E-state index is -0.865. The van der Waals surface area contributed by atoms with Gasteiger partial charge in [-0.1, -0.05) is 0 Å². The molecule has 1 saturated heterocycles. The number of carboxylic acids is 1. The largest absolute Gasteiger partial charge is 0.481 e. The zero-order chi connectivity index (χ0) is 12.8. The molecule has 1 amide bonds. The minimum Gasteiger partial charge on any atom is -0.481 e. The van der Waals surface area contributed by atoms with Crippen LogP contribution in [0.25, 0.3) is 0 Å². The van der Waals surface area contributed by atoms with Crippen LogP contribution < -0.4 is 5.32 Å². The third-order valence-electron chi connectivity index (χ3n) is 2.92. The zero-order valence-electron chi connectivity index (χ0n) is 10.3.